The van der Waals surface area contributed by atoms with Crippen LogP contribution >= 0.6 is 31.9 Å². The Bertz CT molecular complexity index is 750. The fourth-order valence-electron chi connectivity index (χ4n) is 1.78. The Kier molecular flexibility index (Phi) is 5.31. The summed E-state index contributed by atoms with van der Waals surface area (Å²) >= 11 is 6.42. The van der Waals surface area contributed by atoms with Crippen LogP contribution in [0.4, 0.5) is 15.8 Å². The third-order valence-electron chi connectivity index (χ3n) is 2.72. The molecule has 2 rings (SSSR count). The molecule has 0 aromatic heterocycles. The van der Waals surface area contributed by atoms with Gasteiger partial charge in [0.1, 0.15) is 5.82 Å². The van der Waals surface area contributed by atoms with Crippen LogP contribution in [0, 0.1) is 5.82 Å². The van der Waals surface area contributed by atoms with E-state index in [0.717, 1.165) is 0 Å². The van der Waals surface area contributed by atoms with Gasteiger partial charge in [0, 0.05) is 15.9 Å². The van der Waals surface area contributed by atoms with Crippen LogP contribution in [0.3, 0.4) is 0 Å². The quantitative estimate of drug-likeness (QED) is 0.751. The molecule has 2 aromatic rings. The summed E-state index contributed by atoms with van der Waals surface area (Å²) < 4.78 is 15.1. The van der Waals surface area contributed by atoms with Crippen LogP contribution in [0.5, 0.6) is 0 Å². The first kappa shape index (κ1) is 16.6. The van der Waals surface area contributed by atoms with Gasteiger partial charge in [-0.1, -0.05) is 31.9 Å². The van der Waals surface area contributed by atoms with Crippen molar-refractivity contribution >= 4 is 55.0 Å². The number of carbonyl (C=O) groups excluding carboxylic acids is 2. The predicted octanol–water partition coefficient (Wildman–Crippen LogP) is 4.56. The molecule has 2 amide bonds. The Morgan fingerprint density at radius 1 is 0.955 bits per heavy atom. The molecule has 0 heterocycles. The van der Waals surface area contributed by atoms with E-state index in [4.69, 9.17) is 0 Å². The molecule has 0 atom stereocenters. The van der Waals surface area contributed by atoms with Crippen molar-refractivity contribution in [2.45, 2.75) is 6.92 Å². The molecule has 0 aliphatic carbocycles. The summed E-state index contributed by atoms with van der Waals surface area (Å²) in [5.41, 5.74) is 0.718. The number of hydrogen-bond donors (Lipinski definition) is 2. The molecule has 0 aliphatic rings. The Hall–Kier alpha value is -1.73. The van der Waals surface area contributed by atoms with E-state index >= 15 is 0 Å². The molecule has 0 fully saturated rings. The van der Waals surface area contributed by atoms with Gasteiger partial charge < -0.3 is 10.6 Å². The molecule has 0 unspecified atom stereocenters. The van der Waals surface area contributed by atoms with Crippen molar-refractivity contribution in [1.29, 1.82) is 0 Å². The van der Waals surface area contributed by atoms with E-state index in [0.29, 0.717) is 20.3 Å². The third-order valence-corrected chi connectivity index (χ3v) is 3.70. The SMILES string of the molecule is CC(=O)Nc1ccc(Br)cc1NC(=O)c1ccc(Br)cc1F. The topological polar surface area (TPSA) is 58.2 Å². The van der Waals surface area contributed by atoms with E-state index in [1.54, 1.807) is 24.3 Å². The lowest BCUT2D eigenvalue weighted by atomic mass is 10.2. The van der Waals surface area contributed by atoms with Gasteiger partial charge in [0.2, 0.25) is 5.91 Å². The number of benzene rings is 2. The van der Waals surface area contributed by atoms with Crippen molar-refractivity contribution in [3.8, 4) is 0 Å². The van der Waals surface area contributed by atoms with E-state index in [1.807, 2.05) is 0 Å². The Morgan fingerprint density at radius 2 is 1.59 bits per heavy atom. The molecule has 7 heteroatoms. The van der Waals surface area contributed by atoms with Gasteiger partial charge in [-0.05, 0) is 36.4 Å². The van der Waals surface area contributed by atoms with Gasteiger partial charge in [-0.15, -0.1) is 0 Å². The Labute approximate surface area is 143 Å². The highest BCUT2D eigenvalue weighted by atomic mass is 79.9. The van der Waals surface area contributed by atoms with E-state index in [9.17, 15) is 14.0 Å². The maximum atomic E-state index is 13.8. The zero-order chi connectivity index (χ0) is 16.3. The highest BCUT2D eigenvalue weighted by Crippen LogP contribution is 2.27. The second-order valence-corrected chi connectivity index (χ2v) is 6.28. The number of anilines is 2. The lowest BCUT2D eigenvalue weighted by Gasteiger charge is -2.12. The van der Waals surface area contributed by atoms with Gasteiger partial charge in [-0.3, -0.25) is 9.59 Å². The first-order chi connectivity index (χ1) is 10.4. The number of nitrogens with one attached hydrogen (secondary N) is 2. The van der Waals surface area contributed by atoms with Crippen molar-refractivity contribution < 1.29 is 14.0 Å². The summed E-state index contributed by atoms with van der Waals surface area (Å²) in [7, 11) is 0. The van der Waals surface area contributed by atoms with E-state index in [2.05, 4.69) is 42.5 Å². The van der Waals surface area contributed by atoms with Gasteiger partial charge in [-0.2, -0.15) is 0 Å². The lowest BCUT2D eigenvalue weighted by molar-refractivity contribution is -0.114. The minimum absolute atomic E-state index is 0.0862. The monoisotopic (exact) mass is 428 g/mol. The predicted molar refractivity (Wildman–Crippen MR) is 90.5 cm³/mol. The molecular formula is C15H11Br2FN2O2. The van der Waals surface area contributed by atoms with Crippen molar-refractivity contribution in [2.24, 2.45) is 0 Å². The first-order valence-electron chi connectivity index (χ1n) is 6.20. The third kappa shape index (κ3) is 4.14. The van der Waals surface area contributed by atoms with Gasteiger partial charge in [0.25, 0.3) is 5.91 Å². The van der Waals surface area contributed by atoms with Crippen LogP contribution < -0.4 is 10.6 Å². The number of halogens is 3. The van der Waals surface area contributed by atoms with E-state index in [1.165, 1.54) is 19.1 Å². The number of carbonyl (C=O) groups is 2. The summed E-state index contributed by atoms with van der Waals surface area (Å²) in [6, 6.07) is 9.16. The normalized spacial score (nSPS) is 10.2. The molecule has 0 saturated carbocycles. The first-order valence-corrected chi connectivity index (χ1v) is 7.79. The zero-order valence-electron chi connectivity index (χ0n) is 11.4. The lowest BCUT2D eigenvalue weighted by Crippen LogP contribution is -2.16. The molecule has 4 nitrogen and oxygen atoms in total. The number of hydrogen-bond acceptors (Lipinski definition) is 2. The Morgan fingerprint density at radius 3 is 2.23 bits per heavy atom. The number of rotatable bonds is 3. The van der Waals surface area contributed by atoms with Crippen LogP contribution in [-0.2, 0) is 4.79 Å². The minimum Gasteiger partial charge on any atom is -0.325 e. The van der Waals surface area contributed by atoms with E-state index in [-0.39, 0.29) is 11.5 Å². The largest absolute Gasteiger partial charge is 0.325 e. The highest BCUT2D eigenvalue weighted by Gasteiger charge is 2.14. The molecule has 2 N–H and O–H groups in total. The van der Waals surface area contributed by atoms with Crippen LogP contribution in [0.2, 0.25) is 0 Å². The maximum absolute atomic E-state index is 13.8. The van der Waals surface area contributed by atoms with Gasteiger partial charge >= 0.3 is 0 Å². The fraction of sp³-hybridized carbons (Fsp3) is 0.0667. The minimum atomic E-state index is -0.636. The standard InChI is InChI=1S/C15H11Br2FN2O2/c1-8(21)19-13-5-3-10(17)7-14(13)20-15(22)11-4-2-9(16)6-12(11)18/h2-7H,1H3,(H,19,21)(H,20,22). The van der Waals surface area contributed by atoms with Gasteiger partial charge in [0.15, 0.2) is 0 Å². The van der Waals surface area contributed by atoms with Crippen LogP contribution in [0.1, 0.15) is 17.3 Å². The van der Waals surface area contributed by atoms with Crippen LogP contribution in [0.15, 0.2) is 45.3 Å². The van der Waals surface area contributed by atoms with Crippen molar-refractivity contribution in [3.05, 3.63) is 56.7 Å². The van der Waals surface area contributed by atoms with Gasteiger partial charge in [-0.25, -0.2) is 4.39 Å². The summed E-state index contributed by atoms with van der Waals surface area (Å²) in [6.07, 6.45) is 0. The van der Waals surface area contributed by atoms with Crippen LogP contribution in [-0.4, -0.2) is 11.8 Å². The van der Waals surface area contributed by atoms with Crippen LogP contribution in [0.25, 0.3) is 0 Å². The molecule has 0 bridgehead atoms. The highest BCUT2D eigenvalue weighted by molar-refractivity contribution is 9.10. The second kappa shape index (κ2) is 7.02. The smallest absolute Gasteiger partial charge is 0.258 e. The summed E-state index contributed by atoms with van der Waals surface area (Å²) in [5, 5.41) is 5.20. The number of amides is 2. The zero-order valence-corrected chi connectivity index (χ0v) is 14.6. The van der Waals surface area contributed by atoms with Crippen molar-refractivity contribution in [3.63, 3.8) is 0 Å². The molecule has 114 valence electrons. The van der Waals surface area contributed by atoms with E-state index < -0.39 is 11.7 Å². The maximum Gasteiger partial charge on any atom is 0.258 e. The fourth-order valence-corrected chi connectivity index (χ4v) is 2.48. The summed E-state index contributed by atoms with van der Waals surface area (Å²) in [6.45, 7) is 1.36. The molecule has 0 saturated heterocycles. The second-order valence-electron chi connectivity index (χ2n) is 4.45. The Balaban J connectivity index is 2.31. The summed E-state index contributed by atoms with van der Waals surface area (Å²) in [5.74, 6) is -1.51. The van der Waals surface area contributed by atoms with Crippen molar-refractivity contribution in [1.82, 2.24) is 0 Å². The average Bonchev–Trinajstić information content (AvgIpc) is 2.41. The molecular weight excluding hydrogens is 419 g/mol. The average molecular weight is 430 g/mol. The molecule has 22 heavy (non-hydrogen) atoms. The molecule has 0 radical (unpaired) electrons. The molecule has 0 spiro atoms. The molecule has 2 aromatic carbocycles. The van der Waals surface area contributed by atoms with Crippen molar-refractivity contribution in [2.75, 3.05) is 10.6 Å². The summed E-state index contributed by atoms with van der Waals surface area (Å²) in [4.78, 5) is 23.4. The van der Waals surface area contributed by atoms with Gasteiger partial charge in [0.05, 0.1) is 16.9 Å². The molecule has 0 aliphatic heterocycles.